The number of halogens is 6. The molecule has 1 atom stereocenters. The van der Waals surface area contributed by atoms with Crippen molar-refractivity contribution in [3.05, 3.63) is 21.9 Å². The van der Waals surface area contributed by atoms with E-state index in [4.69, 9.17) is 0 Å². The predicted octanol–water partition coefficient (Wildman–Crippen LogP) is 3.83. The molecule has 1 rings (SSSR count). The molecule has 0 fully saturated rings. The first-order valence-electron chi connectivity index (χ1n) is 4.40. The first-order valence-corrected chi connectivity index (χ1v) is 5.28. The number of hydrogen-bond acceptors (Lipinski definition) is 2. The number of alkyl halides is 6. The van der Waals surface area contributed by atoms with Crippen molar-refractivity contribution in [1.82, 2.24) is 0 Å². The first-order chi connectivity index (χ1) is 7.53. The summed E-state index contributed by atoms with van der Waals surface area (Å²) in [6.45, 7) is 1.52. The summed E-state index contributed by atoms with van der Waals surface area (Å²) in [7, 11) is 0. The standard InChI is InChI=1S/C9H8F6OS/c1-4-2-5(3-17-4)6(16)7(8(10,11)12)9(13,14)15/h2-3,6-7,16H,1H3. The summed E-state index contributed by atoms with van der Waals surface area (Å²) in [5, 5.41) is 10.3. The number of rotatable bonds is 2. The summed E-state index contributed by atoms with van der Waals surface area (Å²) in [5.74, 6) is -3.76. The van der Waals surface area contributed by atoms with Crippen molar-refractivity contribution in [3.8, 4) is 0 Å². The van der Waals surface area contributed by atoms with E-state index >= 15 is 0 Å². The molecule has 0 saturated carbocycles. The fourth-order valence-corrected chi connectivity index (χ4v) is 2.09. The van der Waals surface area contributed by atoms with Gasteiger partial charge in [-0.05, 0) is 23.9 Å². The molecule has 0 aliphatic heterocycles. The van der Waals surface area contributed by atoms with E-state index in [1.807, 2.05) is 0 Å². The minimum absolute atomic E-state index is 0.368. The maximum Gasteiger partial charge on any atom is 0.403 e. The molecule has 0 aliphatic carbocycles. The second-order valence-electron chi connectivity index (χ2n) is 3.50. The Kier molecular flexibility index (Phi) is 3.78. The lowest BCUT2D eigenvalue weighted by atomic mass is 9.96. The number of aryl methyl sites for hydroxylation is 1. The Morgan fingerprint density at radius 2 is 1.59 bits per heavy atom. The molecule has 1 heterocycles. The van der Waals surface area contributed by atoms with Crippen LogP contribution in [0.3, 0.4) is 0 Å². The Balaban J connectivity index is 3.08. The van der Waals surface area contributed by atoms with Crippen LogP contribution in [0.25, 0.3) is 0 Å². The molecule has 8 heteroatoms. The topological polar surface area (TPSA) is 20.2 Å². The summed E-state index contributed by atoms with van der Waals surface area (Å²) in [6.07, 6.45) is -13.7. The summed E-state index contributed by atoms with van der Waals surface area (Å²) in [6, 6.07) is 1.11. The molecule has 0 spiro atoms. The molecular weight excluding hydrogens is 270 g/mol. The average Bonchev–Trinajstić information content (AvgIpc) is 2.45. The van der Waals surface area contributed by atoms with Crippen molar-refractivity contribution < 1.29 is 31.4 Å². The van der Waals surface area contributed by atoms with E-state index in [0.717, 1.165) is 22.8 Å². The van der Waals surface area contributed by atoms with Gasteiger partial charge in [-0.3, -0.25) is 0 Å². The van der Waals surface area contributed by atoms with Gasteiger partial charge in [-0.1, -0.05) is 0 Å². The van der Waals surface area contributed by atoms with Crippen LogP contribution in [-0.2, 0) is 0 Å². The average molecular weight is 278 g/mol. The minimum atomic E-state index is -5.53. The molecule has 1 nitrogen and oxygen atoms in total. The molecule has 0 saturated heterocycles. The summed E-state index contributed by atoms with van der Waals surface area (Å²) in [5.41, 5.74) is -0.368. The molecular formula is C9H8F6OS. The Bertz CT molecular complexity index is 366. The van der Waals surface area contributed by atoms with E-state index in [9.17, 15) is 31.4 Å². The van der Waals surface area contributed by atoms with Crippen molar-refractivity contribution >= 4 is 11.3 Å². The Hall–Kier alpha value is -0.760. The Morgan fingerprint density at radius 1 is 1.12 bits per heavy atom. The first kappa shape index (κ1) is 14.3. The number of aliphatic hydroxyl groups excluding tert-OH is 1. The smallest absolute Gasteiger partial charge is 0.387 e. The van der Waals surface area contributed by atoms with Crippen LogP contribution in [0.5, 0.6) is 0 Å². The van der Waals surface area contributed by atoms with Crippen LogP contribution in [0.1, 0.15) is 16.5 Å². The van der Waals surface area contributed by atoms with Gasteiger partial charge in [0.15, 0.2) is 5.92 Å². The van der Waals surface area contributed by atoms with E-state index in [1.54, 1.807) is 0 Å². The predicted molar refractivity (Wildman–Crippen MR) is 49.6 cm³/mol. The molecule has 17 heavy (non-hydrogen) atoms. The zero-order valence-corrected chi connectivity index (χ0v) is 9.25. The van der Waals surface area contributed by atoms with Crippen molar-refractivity contribution in [2.24, 2.45) is 5.92 Å². The molecule has 0 aromatic carbocycles. The lowest BCUT2D eigenvalue weighted by molar-refractivity contribution is -0.307. The summed E-state index contributed by atoms with van der Waals surface area (Å²) in [4.78, 5) is 0.530. The van der Waals surface area contributed by atoms with Gasteiger partial charge in [0.25, 0.3) is 0 Å². The second-order valence-corrected chi connectivity index (χ2v) is 4.61. The second kappa shape index (κ2) is 4.49. The van der Waals surface area contributed by atoms with Gasteiger partial charge < -0.3 is 5.11 Å². The van der Waals surface area contributed by atoms with Crippen LogP contribution in [0.15, 0.2) is 11.4 Å². The number of thiophene rings is 1. The van der Waals surface area contributed by atoms with E-state index in [2.05, 4.69) is 0 Å². The van der Waals surface area contributed by atoms with Crippen LogP contribution < -0.4 is 0 Å². The van der Waals surface area contributed by atoms with E-state index in [1.165, 1.54) is 6.92 Å². The van der Waals surface area contributed by atoms with Crippen LogP contribution in [-0.4, -0.2) is 17.5 Å². The van der Waals surface area contributed by atoms with Crippen molar-refractivity contribution in [2.45, 2.75) is 25.4 Å². The molecule has 0 amide bonds. The highest BCUT2D eigenvalue weighted by atomic mass is 32.1. The van der Waals surface area contributed by atoms with Crippen LogP contribution in [0, 0.1) is 12.8 Å². The molecule has 1 N–H and O–H groups in total. The third-order valence-electron chi connectivity index (χ3n) is 2.11. The van der Waals surface area contributed by atoms with Crippen LogP contribution >= 0.6 is 11.3 Å². The number of hydrogen-bond donors (Lipinski definition) is 1. The van der Waals surface area contributed by atoms with E-state index < -0.39 is 24.4 Å². The zero-order chi connectivity index (χ0) is 13.4. The fraction of sp³-hybridized carbons (Fsp3) is 0.556. The molecule has 0 aliphatic rings. The van der Waals surface area contributed by atoms with Crippen molar-refractivity contribution in [3.63, 3.8) is 0 Å². The normalized spacial score (nSPS) is 15.4. The highest BCUT2D eigenvalue weighted by Crippen LogP contribution is 2.46. The highest BCUT2D eigenvalue weighted by molar-refractivity contribution is 7.10. The van der Waals surface area contributed by atoms with Gasteiger partial charge in [-0.2, -0.15) is 26.3 Å². The SMILES string of the molecule is Cc1cc(C(O)C(C(F)(F)F)C(F)(F)F)cs1. The Morgan fingerprint density at radius 3 is 1.88 bits per heavy atom. The van der Waals surface area contributed by atoms with Gasteiger partial charge in [0.1, 0.15) is 6.10 Å². The molecule has 1 unspecified atom stereocenters. The Labute approximate surface area is 96.7 Å². The maximum atomic E-state index is 12.3. The van der Waals surface area contributed by atoms with Crippen LogP contribution in [0.2, 0.25) is 0 Å². The quantitative estimate of drug-likeness (QED) is 0.815. The van der Waals surface area contributed by atoms with Gasteiger partial charge in [0.2, 0.25) is 0 Å². The molecule has 98 valence electrons. The highest BCUT2D eigenvalue weighted by Gasteiger charge is 2.60. The number of aliphatic hydroxyl groups is 1. The van der Waals surface area contributed by atoms with Crippen LogP contribution in [0.4, 0.5) is 26.3 Å². The van der Waals surface area contributed by atoms with E-state index in [0.29, 0.717) is 4.88 Å². The zero-order valence-electron chi connectivity index (χ0n) is 8.43. The molecule has 0 radical (unpaired) electrons. The summed E-state index contributed by atoms with van der Waals surface area (Å²) < 4.78 is 73.7. The van der Waals surface area contributed by atoms with Gasteiger partial charge >= 0.3 is 12.4 Å². The van der Waals surface area contributed by atoms with Crippen molar-refractivity contribution in [1.29, 1.82) is 0 Å². The third kappa shape index (κ3) is 3.35. The lowest BCUT2D eigenvalue weighted by Gasteiger charge is -2.26. The minimum Gasteiger partial charge on any atom is -0.387 e. The molecule has 1 aromatic heterocycles. The fourth-order valence-electron chi connectivity index (χ4n) is 1.35. The monoisotopic (exact) mass is 278 g/mol. The van der Waals surface area contributed by atoms with Gasteiger partial charge in [0, 0.05) is 4.88 Å². The van der Waals surface area contributed by atoms with Gasteiger partial charge in [-0.15, -0.1) is 11.3 Å². The third-order valence-corrected chi connectivity index (χ3v) is 2.99. The van der Waals surface area contributed by atoms with Gasteiger partial charge in [-0.25, -0.2) is 0 Å². The van der Waals surface area contributed by atoms with Gasteiger partial charge in [0.05, 0.1) is 0 Å². The van der Waals surface area contributed by atoms with E-state index in [-0.39, 0.29) is 5.56 Å². The molecule has 1 aromatic rings. The summed E-state index contributed by atoms with van der Waals surface area (Å²) >= 11 is 0.977. The largest absolute Gasteiger partial charge is 0.403 e. The maximum absolute atomic E-state index is 12.3. The lowest BCUT2D eigenvalue weighted by Crippen LogP contribution is -2.40. The molecule has 0 bridgehead atoms. The van der Waals surface area contributed by atoms with Crippen molar-refractivity contribution in [2.75, 3.05) is 0 Å².